The summed E-state index contributed by atoms with van der Waals surface area (Å²) < 4.78 is 5.27. The Balaban J connectivity index is 1.59. The lowest BCUT2D eigenvalue weighted by atomic mass is 9.79. The Morgan fingerprint density at radius 2 is 1.84 bits per heavy atom. The molecule has 4 atom stereocenters. The molecule has 0 unspecified atom stereocenters. The Kier molecular flexibility index (Phi) is 3.96. The molecule has 1 aliphatic carbocycles. The highest BCUT2D eigenvalue weighted by Gasteiger charge is 2.43. The topological polar surface area (TPSA) is 85.8 Å². The van der Waals surface area contributed by atoms with Gasteiger partial charge in [0.15, 0.2) is 0 Å². The van der Waals surface area contributed by atoms with Crippen LogP contribution >= 0.6 is 0 Å². The molecular formula is C19H24N2O4. The number of nitrogens with zero attached hydrogens (tertiary/aromatic N) is 1. The van der Waals surface area contributed by atoms with E-state index in [-0.39, 0.29) is 17.7 Å². The molecule has 6 heteroatoms. The van der Waals surface area contributed by atoms with Crippen LogP contribution in [-0.2, 0) is 0 Å². The quantitative estimate of drug-likeness (QED) is 0.774. The summed E-state index contributed by atoms with van der Waals surface area (Å²) in [5.74, 6) is 1.30. The summed E-state index contributed by atoms with van der Waals surface area (Å²) in [6.45, 7) is 3.24. The van der Waals surface area contributed by atoms with Crippen molar-refractivity contribution in [2.45, 2.75) is 32.0 Å². The standard InChI is InChI=1S/C19H24N2O4/c1-10-14-7-13(25-2)3-4-15(14)20-18(10)19(24)21-8-11-5-16(22)17(23)6-12(11)9-21/h3-4,7,11-12,16-17,20,22-23H,5-6,8-9H2,1-2H3/t11-,12+,16-,17-/m0/s1. The highest BCUT2D eigenvalue weighted by molar-refractivity contribution is 6.01. The van der Waals surface area contributed by atoms with Crippen LogP contribution in [0.25, 0.3) is 10.9 Å². The van der Waals surface area contributed by atoms with E-state index in [1.807, 2.05) is 30.0 Å². The van der Waals surface area contributed by atoms with Gasteiger partial charge in [-0.3, -0.25) is 4.79 Å². The molecule has 2 aromatic rings. The van der Waals surface area contributed by atoms with E-state index in [9.17, 15) is 15.0 Å². The first-order chi connectivity index (χ1) is 12.0. The third-order valence-electron chi connectivity index (χ3n) is 5.88. The van der Waals surface area contributed by atoms with Gasteiger partial charge in [0.25, 0.3) is 5.91 Å². The molecule has 1 saturated carbocycles. The molecule has 1 amide bonds. The van der Waals surface area contributed by atoms with Crippen molar-refractivity contribution in [1.82, 2.24) is 9.88 Å². The van der Waals surface area contributed by atoms with Crippen LogP contribution in [0.2, 0.25) is 0 Å². The Labute approximate surface area is 146 Å². The van der Waals surface area contributed by atoms with Crippen LogP contribution in [0.15, 0.2) is 18.2 Å². The molecule has 0 radical (unpaired) electrons. The van der Waals surface area contributed by atoms with Gasteiger partial charge in [0.2, 0.25) is 0 Å². The lowest BCUT2D eigenvalue weighted by Gasteiger charge is -2.31. The normalized spacial score (nSPS) is 29.0. The number of likely N-dealkylation sites (tertiary alicyclic amines) is 1. The van der Waals surface area contributed by atoms with Crippen LogP contribution in [0.4, 0.5) is 0 Å². The maximum atomic E-state index is 13.0. The first-order valence-electron chi connectivity index (χ1n) is 8.79. The fourth-order valence-corrected chi connectivity index (χ4v) is 4.38. The smallest absolute Gasteiger partial charge is 0.270 e. The van der Waals surface area contributed by atoms with Gasteiger partial charge in [0.05, 0.1) is 19.3 Å². The van der Waals surface area contributed by atoms with E-state index in [1.165, 1.54) is 0 Å². The van der Waals surface area contributed by atoms with Gasteiger partial charge in [0, 0.05) is 24.0 Å². The molecule has 0 spiro atoms. The number of benzene rings is 1. The first kappa shape index (κ1) is 16.4. The summed E-state index contributed by atoms with van der Waals surface area (Å²) in [6.07, 6.45) is -0.200. The number of ether oxygens (including phenoxy) is 1. The second kappa shape index (κ2) is 6.04. The number of amides is 1. The summed E-state index contributed by atoms with van der Waals surface area (Å²) >= 11 is 0. The second-order valence-electron chi connectivity index (χ2n) is 7.37. The van der Waals surface area contributed by atoms with Crippen LogP contribution in [0, 0.1) is 18.8 Å². The van der Waals surface area contributed by atoms with E-state index in [1.54, 1.807) is 7.11 Å². The monoisotopic (exact) mass is 344 g/mol. The molecule has 2 fully saturated rings. The number of rotatable bonds is 2. The molecule has 2 heterocycles. The summed E-state index contributed by atoms with van der Waals surface area (Å²) in [7, 11) is 1.63. The lowest BCUT2D eigenvalue weighted by molar-refractivity contribution is -0.0372. The van der Waals surface area contributed by atoms with Crippen molar-refractivity contribution in [3.63, 3.8) is 0 Å². The van der Waals surface area contributed by atoms with Crippen LogP contribution in [0.1, 0.15) is 28.9 Å². The van der Waals surface area contributed by atoms with E-state index < -0.39 is 12.2 Å². The summed E-state index contributed by atoms with van der Waals surface area (Å²) in [5, 5.41) is 20.8. The third-order valence-corrected chi connectivity index (χ3v) is 5.88. The summed E-state index contributed by atoms with van der Waals surface area (Å²) in [6, 6.07) is 5.74. The maximum absolute atomic E-state index is 13.0. The minimum atomic E-state index is -0.668. The predicted octanol–water partition coefficient (Wildman–Crippen LogP) is 1.69. The number of aliphatic hydroxyl groups is 2. The van der Waals surface area contributed by atoms with Crippen LogP contribution in [-0.4, -0.2) is 58.4 Å². The molecule has 3 N–H and O–H groups in total. The Morgan fingerprint density at radius 1 is 1.20 bits per heavy atom. The number of carbonyl (C=O) groups is 1. The Bertz CT molecular complexity index is 797. The summed E-state index contributed by atoms with van der Waals surface area (Å²) in [4.78, 5) is 18.1. The van der Waals surface area contributed by atoms with Crippen LogP contribution in [0.5, 0.6) is 5.75 Å². The predicted molar refractivity (Wildman–Crippen MR) is 93.7 cm³/mol. The van der Waals surface area contributed by atoms with Gasteiger partial charge >= 0.3 is 0 Å². The van der Waals surface area contributed by atoms with Crippen molar-refractivity contribution in [3.05, 3.63) is 29.5 Å². The zero-order valence-electron chi connectivity index (χ0n) is 14.5. The number of methoxy groups -OCH3 is 1. The number of carbonyl (C=O) groups excluding carboxylic acids is 1. The third kappa shape index (κ3) is 2.69. The van der Waals surface area contributed by atoms with Gasteiger partial charge in [0.1, 0.15) is 11.4 Å². The number of aryl methyl sites for hydroxylation is 1. The van der Waals surface area contributed by atoms with Gasteiger partial charge in [-0.05, 0) is 55.4 Å². The highest BCUT2D eigenvalue weighted by Crippen LogP contribution is 2.37. The number of hydrogen-bond acceptors (Lipinski definition) is 4. The van der Waals surface area contributed by atoms with Crippen molar-refractivity contribution >= 4 is 16.8 Å². The van der Waals surface area contributed by atoms with E-state index in [0.29, 0.717) is 31.6 Å². The molecule has 134 valence electrons. The maximum Gasteiger partial charge on any atom is 0.270 e. The summed E-state index contributed by atoms with van der Waals surface area (Å²) in [5.41, 5.74) is 2.46. The number of aromatic nitrogens is 1. The van der Waals surface area contributed by atoms with E-state index in [2.05, 4.69) is 4.98 Å². The molecule has 25 heavy (non-hydrogen) atoms. The van der Waals surface area contributed by atoms with Gasteiger partial charge in [-0.25, -0.2) is 0 Å². The van der Waals surface area contributed by atoms with Gasteiger partial charge in [-0.2, -0.15) is 0 Å². The fourth-order valence-electron chi connectivity index (χ4n) is 4.38. The number of hydrogen-bond donors (Lipinski definition) is 3. The Hall–Kier alpha value is -2.05. The molecule has 0 bridgehead atoms. The van der Waals surface area contributed by atoms with E-state index in [4.69, 9.17) is 4.74 Å². The van der Waals surface area contributed by atoms with Crippen LogP contribution in [0.3, 0.4) is 0 Å². The number of aromatic amines is 1. The van der Waals surface area contributed by atoms with Crippen molar-refractivity contribution < 1.29 is 19.7 Å². The Morgan fingerprint density at radius 3 is 2.44 bits per heavy atom. The SMILES string of the molecule is COc1ccc2[nH]c(C(=O)N3C[C@H]4C[C@H](O)[C@@H](O)C[C@H]4C3)c(C)c2c1. The number of nitrogens with one attached hydrogen (secondary N) is 1. The molecule has 1 aromatic carbocycles. The van der Waals surface area contributed by atoms with Crippen molar-refractivity contribution in [1.29, 1.82) is 0 Å². The first-order valence-corrected chi connectivity index (χ1v) is 8.79. The van der Waals surface area contributed by atoms with Gasteiger partial charge in [-0.15, -0.1) is 0 Å². The van der Waals surface area contributed by atoms with Crippen molar-refractivity contribution in [3.8, 4) is 5.75 Å². The van der Waals surface area contributed by atoms with Crippen molar-refractivity contribution in [2.24, 2.45) is 11.8 Å². The average molecular weight is 344 g/mol. The highest BCUT2D eigenvalue weighted by atomic mass is 16.5. The number of H-pyrrole nitrogens is 1. The molecule has 1 aliphatic heterocycles. The minimum Gasteiger partial charge on any atom is -0.497 e. The second-order valence-corrected chi connectivity index (χ2v) is 7.37. The molecule has 2 aliphatic rings. The zero-order chi connectivity index (χ0) is 17.7. The van der Waals surface area contributed by atoms with Crippen LogP contribution < -0.4 is 4.74 Å². The van der Waals surface area contributed by atoms with Gasteiger partial charge in [-0.1, -0.05) is 0 Å². The zero-order valence-corrected chi connectivity index (χ0v) is 14.5. The van der Waals surface area contributed by atoms with E-state index in [0.717, 1.165) is 22.2 Å². The largest absolute Gasteiger partial charge is 0.497 e. The minimum absolute atomic E-state index is 0.00829. The molecule has 1 saturated heterocycles. The number of fused-ring (bicyclic) bond motifs is 2. The molecule has 6 nitrogen and oxygen atoms in total. The fraction of sp³-hybridized carbons (Fsp3) is 0.526. The van der Waals surface area contributed by atoms with Crippen molar-refractivity contribution in [2.75, 3.05) is 20.2 Å². The molecule has 1 aromatic heterocycles. The molecule has 4 rings (SSSR count). The lowest BCUT2D eigenvalue weighted by Crippen LogP contribution is -2.38. The molecular weight excluding hydrogens is 320 g/mol. The van der Waals surface area contributed by atoms with E-state index >= 15 is 0 Å². The average Bonchev–Trinajstić information content (AvgIpc) is 3.15. The van der Waals surface area contributed by atoms with Gasteiger partial charge < -0.3 is 24.8 Å². The number of aliphatic hydroxyl groups excluding tert-OH is 2.